The largest absolute Gasteiger partial charge is 0.462 e. The number of piperazine rings is 1. The number of aromatic nitrogens is 4. The molecule has 15 heteroatoms. The van der Waals surface area contributed by atoms with Crippen molar-refractivity contribution in [1.82, 2.24) is 29.5 Å². The molecule has 12 nitrogen and oxygen atoms in total. The fourth-order valence-corrected chi connectivity index (χ4v) is 5.87. The summed E-state index contributed by atoms with van der Waals surface area (Å²) in [6, 6.07) is 5.21. The number of likely N-dealkylation sites (tertiary alicyclic amines) is 1. The van der Waals surface area contributed by atoms with Crippen molar-refractivity contribution in [3.63, 3.8) is 0 Å². The summed E-state index contributed by atoms with van der Waals surface area (Å²) in [6.45, 7) is 8.46. The number of nitrogens with zero attached hydrogens (tertiary/aromatic N) is 8. The number of alkyl halides is 3. The molecule has 2 aromatic heterocycles. The van der Waals surface area contributed by atoms with Gasteiger partial charge in [0.05, 0.1) is 41.4 Å². The first kappa shape index (κ1) is 32.9. The Labute approximate surface area is 264 Å². The van der Waals surface area contributed by atoms with Crippen LogP contribution in [-0.4, -0.2) is 93.2 Å². The standard InChI is InChI=1S/C31H37F3N8O4/c1-19-23(31(32,33)34)9-6-10-24(19)42-27(43)25-22(16-36-42)26(38-28(37-25)45-18-21-8-7-13-39(21)5)40-14-15-41(20(17-40)11-12-35)29(44)46-30(2,3)4/h6,9-10,16,20-21H,7-8,11,13-15,17-18H2,1-5H3/t20?,21-/m0/s1. The van der Waals surface area contributed by atoms with E-state index in [2.05, 4.69) is 26.0 Å². The Balaban J connectivity index is 1.57. The Morgan fingerprint density at radius 1 is 1.13 bits per heavy atom. The van der Waals surface area contributed by atoms with Crippen molar-refractivity contribution in [2.75, 3.05) is 44.7 Å². The molecule has 2 aliphatic rings. The Kier molecular flexibility index (Phi) is 9.12. The predicted octanol–water partition coefficient (Wildman–Crippen LogP) is 4.32. The lowest BCUT2D eigenvalue weighted by Gasteiger charge is -2.41. The molecule has 1 aromatic carbocycles. The molecular weight excluding hydrogens is 605 g/mol. The Bertz CT molecular complexity index is 1720. The fraction of sp³-hybridized carbons (Fsp3) is 0.548. The minimum absolute atomic E-state index is 0.0238. The maximum atomic E-state index is 13.9. The molecule has 0 saturated carbocycles. The van der Waals surface area contributed by atoms with Gasteiger partial charge in [-0.1, -0.05) is 6.07 Å². The number of halogens is 3. The van der Waals surface area contributed by atoms with Gasteiger partial charge >= 0.3 is 18.3 Å². The van der Waals surface area contributed by atoms with E-state index in [1.54, 1.807) is 20.8 Å². The lowest BCUT2D eigenvalue weighted by atomic mass is 10.1. The van der Waals surface area contributed by atoms with Gasteiger partial charge in [0.25, 0.3) is 5.56 Å². The number of benzene rings is 1. The summed E-state index contributed by atoms with van der Waals surface area (Å²) in [5.41, 5.74) is -2.62. The van der Waals surface area contributed by atoms with Gasteiger partial charge in [-0.2, -0.15) is 38.2 Å². The van der Waals surface area contributed by atoms with Crippen LogP contribution in [0, 0.1) is 18.3 Å². The van der Waals surface area contributed by atoms with Crippen molar-refractivity contribution >= 4 is 22.8 Å². The Hall–Kier alpha value is -4.45. The summed E-state index contributed by atoms with van der Waals surface area (Å²) in [6.07, 6.45) is -1.85. The summed E-state index contributed by atoms with van der Waals surface area (Å²) in [4.78, 5) is 41.5. The zero-order chi connectivity index (χ0) is 33.4. The summed E-state index contributed by atoms with van der Waals surface area (Å²) < 4.78 is 53.6. The van der Waals surface area contributed by atoms with E-state index in [0.717, 1.165) is 30.1 Å². The average molecular weight is 643 g/mol. The number of fused-ring (bicyclic) bond motifs is 1. The van der Waals surface area contributed by atoms with E-state index in [1.165, 1.54) is 30.2 Å². The van der Waals surface area contributed by atoms with Crippen molar-refractivity contribution in [2.24, 2.45) is 0 Å². The van der Waals surface area contributed by atoms with Crippen LogP contribution in [0.1, 0.15) is 51.2 Å². The number of nitriles is 1. The van der Waals surface area contributed by atoms with Gasteiger partial charge < -0.3 is 24.2 Å². The van der Waals surface area contributed by atoms with E-state index in [-0.39, 0.29) is 66.9 Å². The van der Waals surface area contributed by atoms with Crippen LogP contribution in [0.15, 0.2) is 29.2 Å². The minimum atomic E-state index is -4.62. The zero-order valence-electron chi connectivity index (χ0n) is 26.5. The number of hydrogen-bond donors (Lipinski definition) is 0. The summed E-state index contributed by atoms with van der Waals surface area (Å²) in [5.74, 6) is 0.309. The number of rotatable bonds is 6. The van der Waals surface area contributed by atoms with E-state index in [4.69, 9.17) is 9.47 Å². The topological polar surface area (TPSA) is 130 Å². The lowest BCUT2D eigenvalue weighted by Crippen LogP contribution is -2.56. The van der Waals surface area contributed by atoms with Gasteiger partial charge in [-0.3, -0.25) is 4.79 Å². The van der Waals surface area contributed by atoms with Crippen molar-refractivity contribution in [3.05, 3.63) is 45.9 Å². The van der Waals surface area contributed by atoms with Crippen LogP contribution in [0.25, 0.3) is 16.6 Å². The van der Waals surface area contributed by atoms with Crippen LogP contribution in [0.5, 0.6) is 6.01 Å². The van der Waals surface area contributed by atoms with Crippen LogP contribution in [0.3, 0.4) is 0 Å². The normalized spacial score (nSPS) is 19.4. The molecule has 2 aliphatic heterocycles. The molecule has 5 rings (SSSR count). The quantitative estimate of drug-likeness (QED) is 0.383. The van der Waals surface area contributed by atoms with Crippen LogP contribution in [0.2, 0.25) is 0 Å². The first-order chi connectivity index (χ1) is 21.7. The van der Waals surface area contributed by atoms with Gasteiger partial charge in [-0.05, 0) is 71.8 Å². The monoisotopic (exact) mass is 642 g/mol. The molecule has 0 radical (unpaired) electrons. The number of anilines is 1. The van der Waals surface area contributed by atoms with E-state index >= 15 is 0 Å². The molecule has 4 heterocycles. The highest BCUT2D eigenvalue weighted by atomic mass is 19.4. The second-order valence-electron chi connectivity index (χ2n) is 12.6. The van der Waals surface area contributed by atoms with Crippen molar-refractivity contribution in [3.8, 4) is 17.8 Å². The first-order valence-electron chi connectivity index (χ1n) is 15.1. The second-order valence-corrected chi connectivity index (χ2v) is 12.6. The Morgan fingerprint density at radius 3 is 2.54 bits per heavy atom. The summed E-state index contributed by atoms with van der Waals surface area (Å²) in [5, 5.41) is 14.1. The van der Waals surface area contributed by atoms with Crippen LogP contribution in [-0.2, 0) is 10.9 Å². The van der Waals surface area contributed by atoms with Gasteiger partial charge in [-0.25, -0.2) is 4.79 Å². The first-order valence-corrected chi connectivity index (χ1v) is 15.1. The van der Waals surface area contributed by atoms with Crippen molar-refractivity contribution in [1.29, 1.82) is 5.26 Å². The maximum absolute atomic E-state index is 13.9. The van der Waals surface area contributed by atoms with Crippen LogP contribution in [0.4, 0.5) is 23.8 Å². The van der Waals surface area contributed by atoms with Crippen LogP contribution < -0.4 is 15.2 Å². The molecule has 3 aromatic rings. The maximum Gasteiger partial charge on any atom is 0.416 e. The third-order valence-corrected chi connectivity index (χ3v) is 8.25. The molecule has 246 valence electrons. The second kappa shape index (κ2) is 12.7. The van der Waals surface area contributed by atoms with Crippen molar-refractivity contribution in [2.45, 2.75) is 70.8 Å². The summed E-state index contributed by atoms with van der Waals surface area (Å²) >= 11 is 0. The number of ether oxygens (including phenoxy) is 2. The molecule has 0 N–H and O–H groups in total. The molecule has 0 aliphatic carbocycles. The number of amides is 1. The SMILES string of the molecule is Cc1c(-n2ncc3c(N4CCN(C(=O)OC(C)(C)C)C(CC#N)C4)nc(OC[C@@H]4CCCN4C)nc3c2=O)cccc1C(F)(F)F. The molecule has 46 heavy (non-hydrogen) atoms. The molecule has 1 unspecified atom stereocenters. The predicted molar refractivity (Wildman–Crippen MR) is 163 cm³/mol. The number of likely N-dealkylation sites (N-methyl/N-ethyl adjacent to an activating group) is 1. The smallest absolute Gasteiger partial charge is 0.416 e. The molecule has 0 bridgehead atoms. The van der Waals surface area contributed by atoms with Gasteiger partial charge in [0.2, 0.25) is 0 Å². The van der Waals surface area contributed by atoms with Crippen LogP contribution >= 0.6 is 0 Å². The van der Waals surface area contributed by atoms with Gasteiger partial charge in [-0.15, -0.1) is 0 Å². The van der Waals surface area contributed by atoms with E-state index in [9.17, 15) is 28.0 Å². The number of carbonyl (C=O) groups excluding carboxylic acids is 1. The van der Waals surface area contributed by atoms with E-state index in [1.807, 2.05) is 11.9 Å². The highest BCUT2D eigenvalue weighted by Crippen LogP contribution is 2.34. The van der Waals surface area contributed by atoms with Crippen molar-refractivity contribution < 1.29 is 27.4 Å². The molecule has 0 spiro atoms. The highest BCUT2D eigenvalue weighted by Gasteiger charge is 2.36. The van der Waals surface area contributed by atoms with Gasteiger partial charge in [0.15, 0.2) is 0 Å². The minimum Gasteiger partial charge on any atom is -0.462 e. The molecule has 2 saturated heterocycles. The molecule has 1 amide bonds. The molecule has 2 atom stereocenters. The fourth-order valence-electron chi connectivity index (χ4n) is 5.87. The highest BCUT2D eigenvalue weighted by molar-refractivity contribution is 5.89. The van der Waals surface area contributed by atoms with E-state index in [0.29, 0.717) is 5.82 Å². The van der Waals surface area contributed by atoms with Gasteiger partial charge in [0.1, 0.15) is 23.5 Å². The third-order valence-electron chi connectivity index (χ3n) is 8.25. The summed E-state index contributed by atoms with van der Waals surface area (Å²) in [7, 11) is 1.99. The van der Waals surface area contributed by atoms with Gasteiger partial charge in [0, 0.05) is 25.7 Å². The molecular formula is C31H37F3N8O4. The van der Waals surface area contributed by atoms with E-state index < -0.39 is 35.0 Å². The molecule has 2 fully saturated rings. The third kappa shape index (κ3) is 6.86. The average Bonchev–Trinajstić information content (AvgIpc) is 3.39. The zero-order valence-corrected chi connectivity index (χ0v) is 26.5. The Morgan fingerprint density at radius 2 is 1.89 bits per heavy atom. The number of carbonyl (C=O) groups is 1. The lowest BCUT2D eigenvalue weighted by molar-refractivity contribution is -0.138. The number of hydrogen-bond acceptors (Lipinski definition) is 10.